The van der Waals surface area contributed by atoms with E-state index in [2.05, 4.69) is 22.1 Å². The number of nitrogens with zero attached hydrogens (tertiary/aromatic N) is 6. The molecule has 9 heteroatoms. The van der Waals surface area contributed by atoms with Crippen LogP contribution in [0.4, 0.5) is 10.8 Å². The molecular formula is C22H22N6OS2. The molecule has 0 saturated heterocycles. The molecular weight excluding hydrogens is 428 g/mol. The first-order chi connectivity index (χ1) is 15.1. The van der Waals surface area contributed by atoms with Gasteiger partial charge < -0.3 is 4.57 Å². The highest BCUT2D eigenvalue weighted by Gasteiger charge is 2.18. The van der Waals surface area contributed by atoms with Gasteiger partial charge in [0.05, 0.1) is 11.4 Å². The first-order valence-corrected chi connectivity index (χ1v) is 11.7. The third-order valence-electron chi connectivity index (χ3n) is 4.75. The number of rotatable bonds is 7. The van der Waals surface area contributed by atoms with Crippen molar-refractivity contribution in [3.05, 3.63) is 65.4 Å². The fraction of sp³-hybridized carbons (Fsp3) is 0.227. The van der Waals surface area contributed by atoms with E-state index < -0.39 is 0 Å². The molecule has 31 heavy (non-hydrogen) atoms. The van der Waals surface area contributed by atoms with E-state index in [-0.39, 0.29) is 5.91 Å². The normalized spacial score (nSPS) is 10.9. The van der Waals surface area contributed by atoms with Gasteiger partial charge in [0, 0.05) is 43.1 Å². The quantitative estimate of drug-likeness (QED) is 0.374. The van der Waals surface area contributed by atoms with Crippen LogP contribution in [0.3, 0.4) is 0 Å². The van der Waals surface area contributed by atoms with Crippen LogP contribution in [0.1, 0.15) is 25.1 Å². The number of anilines is 2. The molecule has 0 unspecified atom stereocenters. The number of aromatic nitrogens is 5. The van der Waals surface area contributed by atoms with Crippen LogP contribution in [0.2, 0.25) is 0 Å². The molecule has 0 N–H and O–H groups in total. The van der Waals surface area contributed by atoms with Gasteiger partial charge in [-0.1, -0.05) is 30.8 Å². The van der Waals surface area contributed by atoms with Crippen LogP contribution in [0.25, 0.3) is 11.4 Å². The standard InChI is InChI=1S/C22H22N6OS2/c1-4-16-7-9-19(10-8-16)28(15(2)29)21-24-18(13-30-21)14-31-22-26-25-20(27(22)3)17-6-5-11-23-12-17/h5-13H,4,14H2,1-3H3. The van der Waals surface area contributed by atoms with Crippen molar-refractivity contribution in [2.45, 2.75) is 31.2 Å². The Labute approximate surface area is 189 Å². The van der Waals surface area contributed by atoms with Gasteiger partial charge in [-0.2, -0.15) is 0 Å². The van der Waals surface area contributed by atoms with Crippen molar-refractivity contribution in [2.24, 2.45) is 7.05 Å². The molecule has 7 nitrogen and oxygen atoms in total. The summed E-state index contributed by atoms with van der Waals surface area (Å²) in [4.78, 5) is 22.8. The second-order valence-corrected chi connectivity index (χ2v) is 8.67. The van der Waals surface area contributed by atoms with E-state index in [1.807, 2.05) is 53.4 Å². The van der Waals surface area contributed by atoms with Gasteiger partial charge in [0.2, 0.25) is 5.91 Å². The van der Waals surface area contributed by atoms with E-state index >= 15 is 0 Å². The van der Waals surface area contributed by atoms with Crippen LogP contribution in [0.15, 0.2) is 59.3 Å². The Morgan fingerprint density at radius 3 is 2.68 bits per heavy atom. The maximum atomic E-state index is 12.3. The van der Waals surface area contributed by atoms with E-state index in [1.54, 1.807) is 36.0 Å². The number of benzene rings is 1. The molecule has 0 spiro atoms. The lowest BCUT2D eigenvalue weighted by Crippen LogP contribution is -2.22. The fourth-order valence-corrected chi connectivity index (χ4v) is 4.89. The highest BCUT2D eigenvalue weighted by molar-refractivity contribution is 7.98. The monoisotopic (exact) mass is 450 g/mol. The highest BCUT2D eigenvalue weighted by Crippen LogP contribution is 2.31. The molecule has 1 amide bonds. The zero-order valence-corrected chi connectivity index (χ0v) is 19.2. The fourth-order valence-electron chi connectivity index (χ4n) is 3.10. The minimum absolute atomic E-state index is 0.0628. The van der Waals surface area contributed by atoms with Gasteiger partial charge in [0.15, 0.2) is 16.1 Å². The van der Waals surface area contributed by atoms with Crippen LogP contribution in [-0.4, -0.2) is 30.6 Å². The topological polar surface area (TPSA) is 76.8 Å². The average Bonchev–Trinajstić information content (AvgIpc) is 3.40. The molecule has 0 aliphatic carbocycles. The Hall–Kier alpha value is -3.04. The molecule has 0 saturated carbocycles. The molecule has 0 fully saturated rings. The van der Waals surface area contributed by atoms with Gasteiger partial charge in [-0.15, -0.1) is 21.5 Å². The zero-order chi connectivity index (χ0) is 21.8. The molecule has 0 aliphatic heterocycles. The third kappa shape index (κ3) is 4.67. The average molecular weight is 451 g/mol. The minimum atomic E-state index is -0.0628. The zero-order valence-electron chi connectivity index (χ0n) is 17.5. The van der Waals surface area contributed by atoms with E-state index in [9.17, 15) is 4.79 Å². The maximum absolute atomic E-state index is 12.3. The van der Waals surface area contributed by atoms with E-state index in [1.165, 1.54) is 16.9 Å². The second kappa shape index (κ2) is 9.40. The van der Waals surface area contributed by atoms with Crippen LogP contribution in [-0.2, 0) is 24.0 Å². The van der Waals surface area contributed by atoms with Gasteiger partial charge in [-0.25, -0.2) is 4.98 Å². The van der Waals surface area contributed by atoms with Crippen LogP contribution >= 0.6 is 23.1 Å². The molecule has 0 aliphatic rings. The first-order valence-electron chi connectivity index (χ1n) is 9.83. The Bertz CT molecular complexity index is 1170. The van der Waals surface area contributed by atoms with Gasteiger partial charge in [-0.05, 0) is 36.2 Å². The largest absolute Gasteiger partial charge is 0.305 e. The van der Waals surface area contributed by atoms with Gasteiger partial charge >= 0.3 is 0 Å². The van der Waals surface area contributed by atoms with Crippen molar-refractivity contribution in [1.29, 1.82) is 0 Å². The number of hydrogen-bond acceptors (Lipinski definition) is 7. The summed E-state index contributed by atoms with van der Waals surface area (Å²) in [6.45, 7) is 3.67. The van der Waals surface area contributed by atoms with Crippen molar-refractivity contribution >= 4 is 39.8 Å². The number of amides is 1. The van der Waals surface area contributed by atoms with Crippen molar-refractivity contribution in [3.63, 3.8) is 0 Å². The lowest BCUT2D eigenvalue weighted by molar-refractivity contribution is -0.115. The van der Waals surface area contributed by atoms with E-state index in [4.69, 9.17) is 4.98 Å². The lowest BCUT2D eigenvalue weighted by Gasteiger charge is -2.18. The van der Waals surface area contributed by atoms with Crippen LogP contribution in [0.5, 0.6) is 0 Å². The first kappa shape index (κ1) is 21.2. The predicted molar refractivity (Wildman–Crippen MR) is 125 cm³/mol. The van der Waals surface area contributed by atoms with Crippen LogP contribution < -0.4 is 4.90 Å². The summed E-state index contributed by atoms with van der Waals surface area (Å²) >= 11 is 3.02. The Morgan fingerprint density at radius 1 is 1.19 bits per heavy atom. The summed E-state index contributed by atoms with van der Waals surface area (Å²) < 4.78 is 1.95. The Morgan fingerprint density at radius 2 is 2.00 bits per heavy atom. The Balaban J connectivity index is 1.48. The molecule has 4 aromatic rings. The van der Waals surface area contributed by atoms with Crippen LogP contribution in [0, 0.1) is 0 Å². The highest BCUT2D eigenvalue weighted by atomic mass is 32.2. The molecule has 4 rings (SSSR count). The van der Waals surface area contributed by atoms with Crippen molar-refractivity contribution in [1.82, 2.24) is 24.7 Å². The number of thioether (sulfide) groups is 1. The number of hydrogen-bond donors (Lipinski definition) is 0. The smallest absolute Gasteiger partial charge is 0.230 e. The third-order valence-corrected chi connectivity index (χ3v) is 6.68. The molecule has 1 aromatic carbocycles. The van der Waals surface area contributed by atoms with Crippen molar-refractivity contribution in [2.75, 3.05) is 4.90 Å². The molecule has 3 heterocycles. The number of aryl methyl sites for hydroxylation is 1. The summed E-state index contributed by atoms with van der Waals surface area (Å²) in [5.74, 6) is 1.34. The summed E-state index contributed by atoms with van der Waals surface area (Å²) in [5, 5.41) is 12.0. The number of carbonyl (C=O) groups excluding carboxylic acids is 1. The summed E-state index contributed by atoms with van der Waals surface area (Å²) in [6, 6.07) is 11.9. The van der Waals surface area contributed by atoms with E-state index in [0.717, 1.165) is 34.3 Å². The van der Waals surface area contributed by atoms with Gasteiger partial charge in [-0.3, -0.25) is 14.7 Å². The van der Waals surface area contributed by atoms with Gasteiger partial charge in [0.25, 0.3) is 0 Å². The maximum Gasteiger partial charge on any atom is 0.230 e. The number of carbonyl (C=O) groups is 1. The van der Waals surface area contributed by atoms with Gasteiger partial charge in [0.1, 0.15) is 0 Å². The predicted octanol–water partition coefficient (Wildman–Crippen LogP) is 4.87. The molecule has 0 bridgehead atoms. The van der Waals surface area contributed by atoms with Crippen molar-refractivity contribution in [3.8, 4) is 11.4 Å². The summed E-state index contributed by atoms with van der Waals surface area (Å²) in [5.41, 5.74) is 3.88. The second-order valence-electron chi connectivity index (χ2n) is 6.89. The minimum Gasteiger partial charge on any atom is -0.305 e. The Kier molecular flexibility index (Phi) is 6.43. The lowest BCUT2D eigenvalue weighted by atomic mass is 10.1. The molecule has 0 atom stereocenters. The molecule has 158 valence electrons. The molecule has 3 aromatic heterocycles. The summed E-state index contributed by atoms with van der Waals surface area (Å²) in [7, 11) is 1.94. The van der Waals surface area contributed by atoms with Crippen molar-refractivity contribution < 1.29 is 4.79 Å². The number of thiazole rings is 1. The SMILES string of the molecule is CCc1ccc(N(C(C)=O)c2nc(CSc3nnc(-c4cccnc4)n3C)cs2)cc1. The molecule has 0 radical (unpaired) electrons. The number of pyridine rings is 1. The summed E-state index contributed by atoms with van der Waals surface area (Å²) in [6.07, 6.45) is 4.47. The van der Waals surface area contributed by atoms with E-state index in [0.29, 0.717) is 10.9 Å².